The third-order valence-electron chi connectivity index (χ3n) is 1.14. The molecule has 0 bridgehead atoms. The predicted octanol–water partition coefficient (Wildman–Crippen LogP) is 0.583. The minimum atomic E-state index is 0.0579. The minimum absolute atomic E-state index is 0.0579. The number of hydrogen-bond donors (Lipinski definition) is 1. The molecule has 0 aliphatic heterocycles. The molecule has 0 aromatic carbocycles. The van der Waals surface area contributed by atoms with Crippen molar-refractivity contribution in [2.24, 2.45) is 4.99 Å². The Morgan fingerprint density at radius 2 is 2.45 bits per heavy atom. The molecule has 0 spiro atoms. The van der Waals surface area contributed by atoms with E-state index in [0.29, 0.717) is 13.0 Å². The molecule has 0 saturated heterocycles. The summed E-state index contributed by atoms with van der Waals surface area (Å²) < 4.78 is 0. The SMILES string of the molecule is CNC(=O)CCCN=CC=S. The van der Waals surface area contributed by atoms with Crippen molar-refractivity contribution in [3.8, 4) is 0 Å². The van der Waals surface area contributed by atoms with E-state index in [1.54, 1.807) is 13.3 Å². The summed E-state index contributed by atoms with van der Waals surface area (Å²) in [4.78, 5) is 14.6. The zero-order chi connectivity index (χ0) is 8.53. The largest absolute Gasteiger partial charge is 0.359 e. The maximum Gasteiger partial charge on any atom is 0.219 e. The van der Waals surface area contributed by atoms with E-state index in [2.05, 4.69) is 22.5 Å². The molecular weight excluding hydrogens is 160 g/mol. The van der Waals surface area contributed by atoms with Crippen LogP contribution < -0.4 is 5.32 Å². The standard InChI is InChI=1S/C7H12N2OS/c1-8-7(10)3-2-4-9-5-6-11/h5-6H,2-4H2,1H3,(H,8,10). The highest BCUT2D eigenvalue weighted by Crippen LogP contribution is 1.87. The Labute approximate surface area is 71.9 Å². The maximum absolute atomic E-state index is 10.7. The van der Waals surface area contributed by atoms with Crippen molar-refractivity contribution in [3.05, 3.63) is 0 Å². The second kappa shape index (κ2) is 7.34. The van der Waals surface area contributed by atoms with Crippen LogP contribution in [0, 0.1) is 0 Å². The van der Waals surface area contributed by atoms with Crippen LogP contribution >= 0.6 is 12.2 Å². The monoisotopic (exact) mass is 172 g/mol. The highest BCUT2D eigenvalue weighted by Gasteiger charge is 1.94. The van der Waals surface area contributed by atoms with E-state index >= 15 is 0 Å². The van der Waals surface area contributed by atoms with Gasteiger partial charge in [0.25, 0.3) is 0 Å². The molecule has 11 heavy (non-hydrogen) atoms. The van der Waals surface area contributed by atoms with Crippen LogP contribution in [0.4, 0.5) is 0 Å². The molecule has 0 atom stereocenters. The summed E-state index contributed by atoms with van der Waals surface area (Å²) in [6.45, 7) is 0.667. The smallest absolute Gasteiger partial charge is 0.219 e. The molecule has 1 N–H and O–H groups in total. The number of aliphatic imine (C=N–C) groups is 1. The van der Waals surface area contributed by atoms with Gasteiger partial charge >= 0.3 is 0 Å². The molecule has 0 aromatic heterocycles. The molecule has 0 fully saturated rings. The lowest BCUT2D eigenvalue weighted by molar-refractivity contribution is -0.120. The lowest BCUT2D eigenvalue weighted by Gasteiger charge is -1.95. The molecule has 0 aliphatic carbocycles. The Hall–Kier alpha value is -0.770. The van der Waals surface area contributed by atoms with Gasteiger partial charge in [0.05, 0.1) is 0 Å². The highest BCUT2D eigenvalue weighted by molar-refractivity contribution is 7.80. The van der Waals surface area contributed by atoms with E-state index in [4.69, 9.17) is 0 Å². The predicted molar refractivity (Wildman–Crippen MR) is 50.3 cm³/mol. The van der Waals surface area contributed by atoms with Gasteiger partial charge < -0.3 is 5.32 Å². The Morgan fingerprint density at radius 3 is 3.00 bits per heavy atom. The van der Waals surface area contributed by atoms with Crippen LogP contribution in [0.15, 0.2) is 4.99 Å². The molecule has 0 rings (SSSR count). The molecule has 0 aromatic rings. The number of carbonyl (C=O) groups excluding carboxylic acids is 1. The number of amides is 1. The second-order valence-electron chi connectivity index (χ2n) is 1.97. The Balaban J connectivity index is 3.20. The fourth-order valence-corrected chi connectivity index (χ4v) is 0.660. The molecular formula is C7H12N2OS. The Morgan fingerprint density at radius 1 is 1.73 bits per heavy atom. The van der Waals surface area contributed by atoms with Crippen molar-refractivity contribution in [2.75, 3.05) is 13.6 Å². The second-order valence-corrected chi connectivity index (χ2v) is 2.24. The van der Waals surface area contributed by atoms with Crippen LogP contribution in [0.3, 0.4) is 0 Å². The van der Waals surface area contributed by atoms with Gasteiger partial charge in [0.15, 0.2) is 0 Å². The van der Waals surface area contributed by atoms with Crippen LogP contribution in [0.2, 0.25) is 0 Å². The van der Waals surface area contributed by atoms with Gasteiger partial charge in [-0.3, -0.25) is 9.79 Å². The first-order valence-electron chi connectivity index (χ1n) is 3.45. The lowest BCUT2D eigenvalue weighted by Crippen LogP contribution is -2.17. The first-order valence-corrected chi connectivity index (χ1v) is 3.92. The van der Waals surface area contributed by atoms with E-state index in [0.717, 1.165) is 6.42 Å². The summed E-state index contributed by atoms with van der Waals surface area (Å²) in [7, 11) is 1.63. The third kappa shape index (κ3) is 7.12. The number of thiocarbonyl (C=S) groups is 1. The first-order chi connectivity index (χ1) is 5.31. The Kier molecular flexibility index (Phi) is 6.82. The van der Waals surface area contributed by atoms with Gasteiger partial charge in [-0.25, -0.2) is 0 Å². The summed E-state index contributed by atoms with van der Waals surface area (Å²) >= 11 is 4.52. The van der Waals surface area contributed by atoms with E-state index < -0.39 is 0 Å². The number of nitrogens with zero attached hydrogens (tertiary/aromatic N) is 1. The average molecular weight is 172 g/mol. The van der Waals surface area contributed by atoms with Gasteiger partial charge in [0.1, 0.15) is 0 Å². The van der Waals surface area contributed by atoms with Crippen LogP contribution in [-0.2, 0) is 4.79 Å². The van der Waals surface area contributed by atoms with E-state index in [9.17, 15) is 4.79 Å². The van der Waals surface area contributed by atoms with Crippen molar-refractivity contribution in [2.45, 2.75) is 12.8 Å². The number of hydrogen-bond acceptors (Lipinski definition) is 3. The molecule has 62 valence electrons. The zero-order valence-corrected chi connectivity index (χ0v) is 7.36. The van der Waals surface area contributed by atoms with Crippen LogP contribution in [-0.4, -0.2) is 31.1 Å². The molecule has 0 aliphatic rings. The van der Waals surface area contributed by atoms with Gasteiger partial charge in [-0.15, -0.1) is 0 Å². The van der Waals surface area contributed by atoms with Crippen molar-refractivity contribution in [1.29, 1.82) is 0 Å². The van der Waals surface area contributed by atoms with Gasteiger partial charge in [0, 0.05) is 31.6 Å². The molecule has 0 unspecified atom stereocenters. The summed E-state index contributed by atoms with van der Waals surface area (Å²) in [5.74, 6) is 0.0579. The van der Waals surface area contributed by atoms with Crippen LogP contribution in [0.5, 0.6) is 0 Å². The lowest BCUT2D eigenvalue weighted by atomic mass is 10.3. The topological polar surface area (TPSA) is 41.5 Å². The number of rotatable bonds is 5. The fourth-order valence-electron chi connectivity index (χ4n) is 0.573. The molecule has 0 heterocycles. The van der Waals surface area contributed by atoms with Crippen molar-refractivity contribution in [1.82, 2.24) is 5.32 Å². The van der Waals surface area contributed by atoms with E-state index in [1.807, 2.05) is 0 Å². The maximum atomic E-state index is 10.7. The Bertz CT molecular complexity index is 157. The number of carbonyl (C=O) groups is 1. The summed E-state index contributed by atoms with van der Waals surface area (Å²) in [5, 5.41) is 3.99. The minimum Gasteiger partial charge on any atom is -0.359 e. The summed E-state index contributed by atoms with van der Waals surface area (Å²) in [6, 6.07) is 0. The molecule has 0 radical (unpaired) electrons. The van der Waals surface area contributed by atoms with Crippen molar-refractivity contribution in [3.63, 3.8) is 0 Å². The zero-order valence-electron chi connectivity index (χ0n) is 6.54. The van der Waals surface area contributed by atoms with Crippen molar-refractivity contribution >= 4 is 29.7 Å². The van der Waals surface area contributed by atoms with Gasteiger partial charge in [-0.1, -0.05) is 12.2 Å². The molecule has 1 amide bonds. The van der Waals surface area contributed by atoms with Gasteiger partial charge in [-0.2, -0.15) is 0 Å². The van der Waals surface area contributed by atoms with Gasteiger partial charge in [0.2, 0.25) is 5.91 Å². The quantitative estimate of drug-likeness (QED) is 0.374. The fraction of sp³-hybridized carbons (Fsp3) is 0.571. The van der Waals surface area contributed by atoms with E-state index in [1.165, 1.54) is 5.37 Å². The average Bonchev–Trinajstić information content (AvgIpc) is 2.04. The highest BCUT2D eigenvalue weighted by atomic mass is 32.1. The van der Waals surface area contributed by atoms with Crippen LogP contribution in [0.25, 0.3) is 0 Å². The molecule has 0 saturated carbocycles. The van der Waals surface area contributed by atoms with E-state index in [-0.39, 0.29) is 5.91 Å². The van der Waals surface area contributed by atoms with Crippen molar-refractivity contribution < 1.29 is 4.79 Å². The first kappa shape index (κ1) is 10.2. The summed E-state index contributed by atoms with van der Waals surface area (Å²) in [5.41, 5.74) is 0. The van der Waals surface area contributed by atoms with Gasteiger partial charge in [-0.05, 0) is 6.42 Å². The third-order valence-corrected chi connectivity index (χ3v) is 1.26. The molecule has 3 nitrogen and oxygen atoms in total. The number of nitrogens with one attached hydrogen (secondary N) is 1. The molecule has 4 heteroatoms. The normalized spacial score (nSPS) is 9.91. The summed E-state index contributed by atoms with van der Waals surface area (Å²) in [6.07, 6.45) is 2.88. The van der Waals surface area contributed by atoms with Crippen LogP contribution in [0.1, 0.15) is 12.8 Å².